The first-order valence-corrected chi connectivity index (χ1v) is 14.2. The third-order valence-electron chi connectivity index (χ3n) is 5.17. The Morgan fingerprint density at radius 1 is 1.10 bits per heavy atom. The van der Waals surface area contributed by atoms with Crippen molar-refractivity contribution in [3.63, 3.8) is 0 Å². The molecular weight excluding hydrogens is 456 g/mol. The van der Waals surface area contributed by atoms with Crippen molar-refractivity contribution in [3.8, 4) is 0 Å². The minimum absolute atomic E-state index is 0.00252. The molecule has 13 heteroatoms. The van der Waals surface area contributed by atoms with Gasteiger partial charge in [-0.1, -0.05) is 6.07 Å². The van der Waals surface area contributed by atoms with Gasteiger partial charge in [-0.3, -0.25) is 0 Å². The zero-order valence-corrected chi connectivity index (χ0v) is 18.9. The van der Waals surface area contributed by atoms with Crippen LogP contribution in [0.25, 0.3) is 0 Å². The summed E-state index contributed by atoms with van der Waals surface area (Å²) in [6.45, 7) is 2.34. The number of hydrogen-bond donors (Lipinski definition) is 0. The van der Waals surface area contributed by atoms with Gasteiger partial charge in [0.2, 0.25) is 10.0 Å². The van der Waals surface area contributed by atoms with Crippen LogP contribution in [-0.4, -0.2) is 90.1 Å². The Balaban J connectivity index is 1.79. The van der Waals surface area contributed by atoms with Gasteiger partial charge < -0.3 is 9.64 Å². The molecule has 30 heavy (non-hydrogen) atoms. The van der Waals surface area contributed by atoms with Gasteiger partial charge in [-0.05, 0) is 31.5 Å². The second-order valence-electron chi connectivity index (χ2n) is 7.13. The molecule has 10 nitrogen and oxygen atoms in total. The normalized spacial score (nSPS) is 22.7. The Morgan fingerprint density at radius 3 is 2.30 bits per heavy atom. The number of benzene rings is 1. The third-order valence-corrected chi connectivity index (χ3v) is 11.2. The molecule has 0 bridgehead atoms. The SMILES string of the molecule is CCOC(=O)N1CCN(S(=O)(=O)c2cccc(S(=O)(=O)[C@H]3CCS(=O)(=O)C3)c2)CC1. The summed E-state index contributed by atoms with van der Waals surface area (Å²) in [4.78, 5) is 12.8. The fraction of sp³-hybridized carbons (Fsp3) is 0.588. The van der Waals surface area contributed by atoms with Crippen molar-refractivity contribution in [2.24, 2.45) is 0 Å². The lowest BCUT2D eigenvalue weighted by atomic mass is 10.4. The van der Waals surface area contributed by atoms with Gasteiger partial charge in [0.05, 0.1) is 33.2 Å². The summed E-state index contributed by atoms with van der Waals surface area (Å²) in [6.07, 6.45) is -0.508. The Bertz CT molecular complexity index is 1120. The first-order chi connectivity index (χ1) is 14.0. The monoisotopic (exact) mass is 480 g/mol. The first kappa shape index (κ1) is 23.0. The van der Waals surface area contributed by atoms with Crippen LogP contribution in [0.2, 0.25) is 0 Å². The molecule has 0 unspecified atom stereocenters. The van der Waals surface area contributed by atoms with Crippen LogP contribution in [-0.2, 0) is 34.4 Å². The number of carbonyl (C=O) groups excluding carboxylic acids is 1. The van der Waals surface area contributed by atoms with E-state index < -0.39 is 46.8 Å². The maximum atomic E-state index is 13.0. The zero-order chi connectivity index (χ0) is 22.2. The van der Waals surface area contributed by atoms with Crippen molar-refractivity contribution in [3.05, 3.63) is 24.3 Å². The highest BCUT2D eigenvalue weighted by Crippen LogP contribution is 2.28. The predicted octanol–water partition coefficient (Wildman–Crippen LogP) is 0.110. The molecule has 1 atom stereocenters. The van der Waals surface area contributed by atoms with Crippen molar-refractivity contribution in [2.75, 3.05) is 44.3 Å². The highest BCUT2D eigenvalue weighted by molar-refractivity contribution is 7.96. The van der Waals surface area contributed by atoms with E-state index >= 15 is 0 Å². The van der Waals surface area contributed by atoms with Crippen molar-refractivity contribution >= 4 is 35.8 Å². The summed E-state index contributed by atoms with van der Waals surface area (Å²) in [5.74, 6) is -0.651. The quantitative estimate of drug-likeness (QED) is 0.579. The Hall–Kier alpha value is -1.70. The molecule has 0 spiro atoms. The van der Waals surface area contributed by atoms with Gasteiger partial charge in [0.25, 0.3) is 0 Å². The Morgan fingerprint density at radius 2 is 1.73 bits per heavy atom. The largest absolute Gasteiger partial charge is 0.450 e. The van der Waals surface area contributed by atoms with Gasteiger partial charge in [0, 0.05) is 26.2 Å². The van der Waals surface area contributed by atoms with Crippen LogP contribution in [0.3, 0.4) is 0 Å². The van der Waals surface area contributed by atoms with Crippen molar-refractivity contribution in [1.82, 2.24) is 9.21 Å². The van der Waals surface area contributed by atoms with Crippen LogP contribution in [0, 0.1) is 0 Å². The molecule has 0 N–H and O–H groups in total. The zero-order valence-electron chi connectivity index (χ0n) is 16.4. The molecule has 2 aliphatic heterocycles. The van der Waals surface area contributed by atoms with Gasteiger partial charge in [0.15, 0.2) is 19.7 Å². The van der Waals surface area contributed by atoms with Crippen LogP contribution < -0.4 is 0 Å². The highest BCUT2D eigenvalue weighted by atomic mass is 32.2. The number of amides is 1. The van der Waals surface area contributed by atoms with E-state index in [1.807, 2.05) is 0 Å². The van der Waals surface area contributed by atoms with Crippen molar-refractivity contribution < 1.29 is 34.8 Å². The molecule has 0 radical (unpaired) electrons. The van der Waals surface area contributed by atoms with E-state index in [9.17, 15) is 30.0 Å². The molecule has 2 aliphatic rings. The molecule has 168 valence electrons. The molecule has 2 fully saturated rings. The molecule has 1 aromatic carbocycles. The topological polar surface area (TPSA) is 135 Å². The summed E-state index contributed by atoms with van der Waals surface area (Å²) in [7, 11) is -11.4. The second-order valence-corrected chi connectivity index (χ2v) is 13.5. The van der Waals surface area contributed by atoms with Crippen molar-refractivity contribution in [1.29, 1.82) is 0 Å². The number of nitrogens with zero attached hydrogens (tertiary/aromatic N) is 2. The lowest BCUT2D eigenvalue weighted by molar-refractivity contribution is 0.0934. The van der Waals surface area contributed by atoms with Crippen LogP contribution in [0.5, 0.6) is 0 Å². The number of carbonyl (C=O) groups is 1. The fourth-order valence-electron chi connectivity index (χ4n) is 3.48. The standard InChI is InChI=1S/C17H24N2O8S3/c1-2-27-17(20)18-7-9-19(10-8-18)30(25,26)15-5-3-4-14(12-15)29(23,24)16-6-11-28(21,22)13-16/h3-5,12,16H,2,6-11,13H2,1H3/t16-/m0/s1. The number of rotatable bonds is 5. The smallest absolute Gasteiger partial charge is 0.409 e. The highest BCUT2D eigenvalue weighted by Gasteiger charge is 2.39. The minimum atomic E-state index is -3.98. The fourth-order valence-corrected chi connectivity index (χ4v) is 9.43. The lowest BCUT2D eigenvalue weighted by Crippen LogP contribution is -2.50. The first-order valence-electron chi connectivity index (χ1n) is 9.43. The van der Waals surface area contributed by atoms with E-state index in [4.69, 9.17) is 4.74 Å². The van der Waals surface area contributed by atoms with E-state index in [1.54, 1.807) is 6.92 Å². The average Bonchev–Trinajstić information content (AvgIpc) is 3.09. The molecule has 0 aliphatic carbocycles. The predicted molar refractivity (Wildman–Crippen MR) is 108 cm³/mol. The molecule has 2 heterocycles. The van der Waals surface area contributed by atoms with Gasteiger partial charge in [-0.25, -0.2) is 30.0 Å². The molecule has 0 saturated carbocycles. The maximum Gasteiger partial charge on any atom is 0.409 e. The van der Waals surface area contributed by atoms with Gasteiger partial charge in [0.1, 0.15) is 0 Å². The van der Waals surface area contributed by atoms with Gasteiger partial charge >= 0.3 is 6.09 Å². The summed E-state index contributed by atoms with van der Waals surface area (Å²) in [5, 5.41) is -1.08. The van der Waals surface area contributed by atoms with E-state index in [0.717, 1.165) is 6.07 Å². The maximum absolute atomic E-state index is 13.0. The lowest BCUT2D eigenvalue weighted by Gasteiger charge is -2.33. The van der Waals surface area contributed by atoms with E-state index in [2.05, 4.69) is 0 Å². The number of hydrogen-bond acceptors (Lipinski definition) is 8. The number of sulfone groups is 2. The molecule has 0 aromatic heterocycles. The molecular formula is C17H24N2O8S3. The van der Waals surface area contributed by atoms with E-state index in [-0.39, 0.29) is 54.8 Å². The van der Waals surface area contributed by atoms with Crippen LogP contribution >= 0.6 is 0 Å². The van der Waals surface area contributed by atoms with Crippen LogP contribution in [0.1, 0.15) is 13.3 Å². The number of piperazine rings is 1. The summed E-state index contributed by atoms with van der Waals surface area (Å²) in [6, 6.07) is 4.99. The Labute approximate surface area is 176 Å². The van der Waals surface area contributed by atoms with Crippen LogP contribution in [0.15, 0.2) is 34.1 Å². The minimum Gasteiger partial charge on any atom is -0.450 e. The Kier molecular flexibility index (Phi) is 6.46. The second kappa shape index (κ2) is 8.44. The number of sulfonamides is 1. The number of ether oxygens (including phenoxy) is 1. The summed E-state index contributed by atoms with van der Waals surface area (Å²) in [5.41, 5.74) is 0. The van der Waals surface area contributed by atoms with Gasteiger partial charge in [-0.15, -0.1) is 0 Å². The molecule has 3 rings (SSSR count). The summed E-state index contributed by atoms with van der Waals surface area (Å²) >= 11 is 0. The molecule has 1 amide bonds. The van der Waals surface area contributed by atoms with E-state index in [1.165, 1.54) is 27.4 Å². The van der Waals surface area contributed by atoms with Crippen LogP contribution in [0.4, 0.5) is 4.79 Å². The summed E-state index contributed by atoms with van der Waals surface area (Å²) < 4.78 is 81.1. The third kappa shape index (κ3) is 4.63. The van der Waals surface area contributed by atoms with Gasteiger partial charge in [-0.2, -0.15) is 4.31 Å². The molecule has 2 saturated heterocycles. The molecule has 1 aromatic rings. The van der Waals surface area contributed by atoms with Crippen molar-refractivity contribution in [2.45, 2.75) is 28.4 Å². The average molecular weight is 481 g/mol. The van der Waals surface area contributed by atoms with E-state index in [0.29, 0.717) is 0 Å².